The van der Waals surface area contributed by atoms with Gasteiger partial charge in [0, 0.05) is 30.6 Å². The Bertz CT molecular complexity index is 582. The van der Waals surface area contributed by atoms with E-state index < -0.39 is 5.60 Å². The van der Waals surface area contributed by atoms with E-state index in [1.54, 1.807) is 0 Å². The van der Waals surface area contributed by atoms with Crippen LogP contribution in [0.4, 0.5) is 0 Å². The lowest BCUT2D eigenvalue weighted by atomic mass is 9.84. The van der Waals surface area contributed by atoms with E-state index in [1.165, 1.54) is 19.3 Å². The predicted octanol–water partition coefficient (Wildman–Crippen LogP) is 3.41. The minimum absolute atomic E-state index is 0.233. The molecule has 0 saturated carbocycles. The van der Waals surface area contributed by atoms with Crippen molar-refractivity contribution in [2.45, 2.75) is 56.6 Å². The van der Waals surface area contributed by atoms with Crippen LogP contribution >= 0.6 is 11.6 Å². The predicted molar refractivity (Wildman–Crippen MR) is 101 cm³/mol. The van der Waals surface area contributed by atoms with Crippen molar-refractivity contribution in [1.82, 2.24) is 9.80 Å². The molecular weight excluding hydrogens is 336 g/mol. The first-order chi connectivity index (χ1) is 12.0. The van der Waals surface area contributed by atoms with Gasteiger partial charge in [-0.3, -0.25) is 4.79 Å². The number of rotatable bonds is 4. The zero-order valence-electron chi connectivity index (χ0n) is 15.1. The highest BCUT2D eigenvalue weighted by molar-refractivity contribution is 6.30. The van der Waals surface area contributed by atoms with Crippen molar-refractivity contribution >= 4 is 17.5 Å². The number of halogens is 1. The van der Waals surface area contributed by atoms with Crippen molar-refractivity contribution in [1.29, 1.82) is 0 Å². The summed E-state index contributed by atoms with van der Waals surface area (Å²) in [5.41, 5.74) is 0.0538. The van der Waals surface area contributed by atoms with Crippen LogP contribution in [0.5, 0.6) is 0 Å². The summed E-state index contributed by atoms with van der Waals surface area (Å²) >= 11 is 5.93. The first kappa shape index (κ1) is 18.7. The van der Waals surface area contributed by atoms with Crippen molar-refractivity contribution in [3.05, 3.63) is 34.9 Å². The van der Waals surface area contributed by atoms with Gasteiger partial charge in [0.25, 0.3) is 0 Å². The van der Waals surface area contributed by atoms with Gasteiger partial charge in [0.05, 0.1) is 5.60 Å². The third kappa shape index (κ3) is 4.55. The topological polar surface area (TPSA) is 43.8 Å². The molecular formula is C20H29ClN2O2. The summed E-state index contributed by atoms with van der Waals surface area (Å²) in [6.45, 7) is 2.40. The number of carbonyl (C=O) groups excluding carboxylic acids is 1. The van der Waals surface area contributed by atoms with Crippen molar-refractivity contribution in [2.75, 3.05) is 26.7 Å². The second-order valence-corrected chi connectivity index (χ2v) is 8.02. The van der Waals surface area contributed by atoms with Gasteiger partial charge in [-0.1, -0.05) is 30.2 Å². The van der Waals surface area contributed by atoms with Crippen LogP contribution in [0.3, 0.4) is 0 Å². The van der Waals surface area contributed by atoms with E-state index >= 15 is 0 Å². The summed E-state index contributed by atoms with van der Waals surface area (Å²) in [7, 11) is 2.17. The van der Waals surface area contributed by atoms with E-state index in [1.807, 2.05) is 29.2 Å². The molecule has 25 heavy (non-hydrogen) atoms. The summed E-state index contributed by atoms with van der Waals surface area (Å²) in [4.78, 5) is 16.9. The average molecular weight is 365 g/mol. The molecule has 2 saturated heterocycles. The van der Waals surface area contributed by atoms with E-state index in [4.69, 9.17) is 11.6 Å². The Balaban J connectivity index is 1.49. The molecule has 2 aliphatic heterocycles. The SMILES string of the molecule is CN1CCCC[C@@H]1CCC(=O)N1CCC(O)(c2ccc(Cl)cc2)CC1. The van der Waals surface area contributed by atoms with Crippen LogP contribution in [-0.2, 0) is 10.4 Å². The number of carbonyl (C=O) groups is 1. The van der Waals surface area contributed by atoms with Crippen LogP contribution in [0, 0.1) is 0 Å². The molecule has 3 rings (SSSR count). The molecule has 0 spiro atoms. The lowest BCUT2D eigenvalue weighted by Crippen LogP contribution is -2.45. The number of likely N-dealkylation sites (tertiary alicyclic amines) is 2. The number of piperidine rings is 2. The Labute approximate surface area is 155 Å². The Morgan fingerprint density at radius 1 is 1.20 bits per heavy atom. The zero-order valence-corrected chi connectivity index (χ0v) is 15.8. The number of amides is 1. The molecule has 0 aromatic heterocycles. The van der Waals surface area contributed by atoms with Gasteiger partial charge in [-0.2, -0.15) is 0 Å². The fourth-order valence-electron chi connectivity index (χ4n) is 4.13. The van der Waals surface area contributed by atoms with E-state index in [-0.39, 0.29) is 5.91 Å². The highest BCUT2D eigenvalue weighted by Crippen LogP contribution is 2.33. The maximum Gasteiger partial charge on any atom is 0.222 e. The van der Waals surface area contributed by atoms with Crippen LogP contribution in [0.15, 0.2) is 24.3 Å². The van der Waals surface area contributed by atoms with E-state index in [0.29, 0.717) is 43.4 Å². The molecule has 2 aliphatic rings. The van der Waals surface area contributed by atoms with Gasteiger partial charge in [-0.25, -0.2) is 0 Å². The van der Waals surface area contributed by atoms with Crippen molar-refractivity contribution in [3.8, 4) is 0 Å². The Hall–Kier alpha value is -1.10. The first-order valence-corrected chi connectivity index (χ1v) is 9.82. The Kier molecular flexibility index (Phi) is 6.03. The van der Waals surface area contributed by atoms with E-state index in [2.05, 4.69) is 11.9 Å². The summed E-state index contributed by atoms with van der Waals surface area (Å²) in [6.07, 6.45) is 6.51. The lowest BCUT2D eigenvalue weighted by molar-refractivity contribution is -0.136. The van der Waals surface area contributed by atoms with Crippen LogP contribution in [0.1, 0.15) is 50.5 Å². The average Bonchev–Trinajstić information content (AvgIpc) is 2.62. The zero-order chi connectivity index (χ0) is 17.9. The highest BCUT2D eigenvalue weighted by Gasteiger charge is 2.35. The molecule has 1 N–H and O–H groups in total. The van der Waals surface area contributed by atoms with Crippen molar-refractivity contribution in [2.24, 2.45) is 0 Å². The normalized spacial score (nSPS) is 24.3. The van der Waals surface area contributed by atoms with Crippen LogP contribution in [-0.4, -0.2) is 53.5 Å². The summed E-state index contributed by atoms with van der Waals surface area (Å²) in [6, 6.07) is 7.95. The molecule has 0 aliphatic carbocycles. The molecule has 138 valence electrons. The van der Waals surface area contributed by atoms with Gasteiger partial charge >= 0.3 is 0 Å². The van der Waals surface area contributed by atoms with Gasteiger partial charge in [0.2, 0.25) is 5.91 Å². The number of hydrogen-bond acceptors (Lipinski definition) is 3. The molecule has 2 heterocycles. The van der Waals surface area contributed by atoms with Crippen LogP contribution < -0.4 is 0 Å². The van der Waals surface area contributed by atoms with Gasteiger partial charge in [0.1, 0.15) is 0 Å². The quantitative estimate of drug-likeness (QED) is 0.890. The van der Waals surface area contributed by atoms with Gasteiger partial charge in [-0.05, 0) is 63.4 Å². The van der Waals surface area contributed by atoms with E-state index in [0.717, 1.165) is 18.5 Å². The van der Waals surface area contributed by atoms with Crippen LogP contribution in [0.25, 0.3) is 0 Å². The molecule has 2 fully saturated rings. The minimum atomic E-state index is -0.842. The number of aliphatic hydroxyl groups is 1. The molecule has 0 radical (unpaired) electrons. The summed E-state index contributed by atoms with van der Waals surface area (Å²) in [5, 5.41) is 11.6. The second kappa shape index (κ2) is 8.07. The molecule has 5 heteroatoms. The molecule has 1 atom stereocenters. The monoisotopic (exact) mass is 364 g/mol. The smallest absolute Gasteiger partial charge is 0.222 e. The lowest BCUT2D eigenvalue weighted by Gasteiger charge is -2.39. The van der Waals surface area contributed by atoms with Crippen molar-refractivity contribution in [3.63, 3.8) is 0 Å². The second-order valence-electron chi connectivity index (χ2n) is 7.59. The van der Waals surface area contributed by atoms with Crippen molar-refractivity contribution < 1.29 is 9.90 Å². The minimum Gasteiger partial charge on any atom is -0.385 e. The summed E-state index contributed by atoms with van der Waals surface area (Å²) in [5.74, 6) is 0.233. The fraction of sp³-hybridized carbons (Fsp3) is 0.650. The molecule has 0 bridgehead atoms. The Morgan fingerprint density at radius 3 is 2.52 bits per heavy atom. The number of benzene rings is 1. The summed E-state index contributed by atoms with van der Waals surface area (Å²) < 4.78 is 0. The molecule has 1 aromatic carbocycles. The largest absolute Gasteiger partial charge is 0.385 e. The van der Waals surface area contributed by atoms with Crippen LogP contribution in [0.2, 0.25) is 5.02 Å². The molecule has 4 nitrogen and oxygen atoms in total. The standard InChI is InChI=1S/C20H29ClN2O2/c1-22-13-3-2-4-18(22)9-10-19(24)23-14-11-20(25,12-15-23)16-5-7-17(21)8-6-16/h5-8,18,25H,2-4,9-15H2,1H3/t18-/m1/s1. The molecule has 1 aromatic rings. The highest BCUT2D eigenvalue weighted by atomic mass is 35.5. The van der Waals surface area contributed by atoms with Gasteiger partial charge in [0.15, 0.2) is 0 Å². The first-order valence-electron chi connectivity index (χ1n) is 9.44. The molecule has 1 amide bonds. The Morgan fingerprint density at radius 2 is 1.88 bits per heavy atom. The maximum absolute atomic E-state index is 12.5. The number of hydrogen-bond donors (Lipinski definition) is 1. The number of nitrogens with zero attached hydrogens (tertiary/aromatic N) is 2. The van der Waals surface area contributed by atoms with E-state index in [9.17, 15) is 9.90 Å². The fourth-order valence-corrected chi connectivity index (χ4v) is 4.26. The molecule has 0 unspecified atom stereocenters. The third-order valence-corrected chi connectivity index (χ3v) is 6.19. The third-order valence-electron chi connectivity index (χ3n) is 5.94. The maximum atomic E-state index is 12.5. The van der Waals surface area contributed by atoms with Gasteiger partial charge < -0.3 is 14.9 Å². The van der Waals surface area contributed by atoms with Gasteiger partial charge in [-0.15, -0.1) is 0 Å².